The fourth-order valence-electron chi connectivity index (χ4n) is 2.64. The zero-order chi connectivity index (χ0) is 19.8. The Morgan fingerprint density at radius 1 is 0.964 bits per heavy atom. The van der Waals surface area contributed by atoms with Crippen LogP contribution in [0.4, 0.5) is 10.5 Å². The number of alkyl carbamates (subject to hydrolysis) is 1. The van der Waals surface area contributed by atoms with Crippen molar-refractivity contribution in [3.8, 4) is 0 Å². The third kappa shape index (κ3) is 5.17. The van der Waals surface area contributed by atoms with Crippen molar-refractivity contribution in [2.24, 2.45) is 0 Å². The van der Waals surface area contributed by atoms with Gasteiger partial charge in [0.2, 0.25) is 0 Å². The largest absolute Gasteiger partial charge is 0.445 e. The van der Waals surface area contributed by atoms with Crippen molar-refractivity contribution in [1.29, 1.82) is 0 Å². The van der Waals surface area contributed by atoms with Gasteiger partial charge in [-0.25, -0.2) is 9.69 Å². The SMILES string of the molecule is O=C(NCCC=Cc1ccc(N2C(=O)C=CC2=O)cc1)OCc1ccccc1. The summed E-state index contributed by atoms with van der Waals surface area (Å²) in [6.45, 7) is 0.705. The van der Waals surface area contributed by atoms with Gasteiger partial charge < -0.3 is 10.1 Å². The topological polar surface area (TPSA) is 75.7 Å². The normalized spacial score (nSPS) is 13.4. The van der Waals surface area contributed by atoms with E-state index in [1.807, 2.05) is 54.6 Å². The molecule has 1 N–H and O–H groups in total. The number of nitrogens with zero attached hydrogens (tertiary/aromatic N) is 1. The maximum atomic E-state index is 11.7. The lowest BCUT2D eigenvalue weighted by Gasteiger charge is -2.13. The molecule has 0 fully saturated rings. The number of rotatable bonds is 7. The Bertz CT molecular complexity index is 884. The van der Waals surface area contributed by atoms with Crippen LogP contribution in [0, 0.1) is 0 Å². The second-order valence-corrected chi connectivity index (χ2v) is 6.12. The number of ether oxygens (including phenoxy) is 1. The van der Waals surface area contributed by atoms with Crippen LogP contribution in [0.2, 0.25) is 0 Å². The van der Waals surface area contributed by atoms with E-state index in [0.717, 1.165) is 16.0 Å². The van der Waals surface area contributed by atoms with Crippen molar-refractivity contribution < 1.29 is 19.1 Å². The molecule has 1 aliphatic rings. The van der Waals surface area contributed by atoms with Crippen LogP contribution < -0.4 is 10.2 Å². The van der Waals surface area contributed by atoms with Crippen molar-refractivity contribution in [1.82, 2.24) is 5.32 Å². The Balaban J connectivity index is 1.38. The summed E-state index contributed by atoms with van der Waals surface area (Å²) < 4.78 is 5.13. The van der Waals surface area contributed by atoms with E-state index in [9.17, 15) is 14.4 Å². The Hall–Kier alpha value is -3.67. The van der Waals surface area contributed by atoms with Gasteiger partial charge in [-0.1, -0.05) is 54.6 Å². The summed E-state index contributed by atoms with van der Waals surface area (Å²) in [5.41, 5.74) is 2.41. The Kier molecular flexibility index (Phi) is 6.36. The molecule has 6 heteroatoms. The third-order valence-corrected chi connectivity index (χ3v) is 4.06. The molecule has 0 radical (unpaired) electrons. The summed E-state index contributed by atoms with van der Waals surface area (Å²) >= 11 is 0. The van der Waals surface area contributed by atoms with E-state index in [0.29, 0.717) is 18.7 Å². The maximum absolute atomic E-state index is 11.7. The summed E-state index contributed by atoms with van der Waals surface area (Å²) in [6.07, 6.45) is 6.56. The van der Waals surface area contributed by atoms with Crippen molar-refractivity contribution in [2.75, 3.05) is 11.4 Å². The van der Waals surface area contributed by atoms with Crippen LogP contribution in [0.5, 0.6) is 0 Å². The summed E-state index contributed by atoms with van der Waals surface area (Å²) in [5, 5.41) is 2.69. The first kappa shape index (κ1) is 19.1. The number of anilines is 1. The molecule has 3 rings (SSSR count). The predicted octanol–water partition coefficient (Wildman–Crippen LogP) is 3.45. The van der Waals surface area contributed by atoms with Gasteiger partial charge in [0.1, 0.15) is 6.61 Å². The Morgan fingerprint density at radius 3 is 2.32 bits per heavy atom. The van der Waals surface area contributed by atoms with Gasteiger partial charge in [-0.15, -0.1) is 0 Å². The van der Waals surface area contributed by atoms with Crippen LogP contribution in [-0.4, -0.2) is 24.5 Å². The second-order valence-electron chi connectivity index (χ2n) is 6.12. The molecule has 142 valence electrons. The molecule has 2 aromatic rings. The lowest BCUT2D eigenvalue weighted by Crippen LogP contribution is -2.29. The highest BCUT2D eigenvalue weighted by molar-refractivity contribution is 6.28. The molecular formula is C22H20N2O4. The predicted molar refractivity (Wildman–Crippen MR) is 106 cm³/mol. The molecular weight excluding hydrogens is 356 g/mol. The van der Waals surface area contributed by atoms with Gasteiger partial charge in [-0.3, -0.25) is 9.59 Å². The van der Waals surface area contributed by atoms with Crippen molar-refractivity contribution >= 4 is 29.7 Å². The highest BCUT2D eigenvalue weighted by Crippen LogP contribution is 2.19. The number of imide groups is 1. The number of hydrogen-bond acceptors (Lipinski definition) is 4. The molecule has 6 nitrogen and oxygen atoms in total. The summed E-state index contributed by atoms with van der Waals surface area (Å²) in [7, 11) is 0. The average Bonchev–Trinajstić information content (AvgIpc) is 3.05. The van der Waals surface area contributed by atoms with Gasteiger partial charge in [-0.05, 0) is 29.7 Å². The zero-order valence-corrected chi connectivity index (χ0v) is 15.2. The number of carbonyl (C=O) groups excluding carboxylic acids is 3. The van der Waals surface area contributed by atoms with Gasteiger partial charge >= 0.3 is 6.09 Å². The van der Waals surface area contributed by atoms with E-state index < -0.39 is 6.09 Å². The number of carbonyl (C=O) groups is 3. The molecule has 0 atom stereocenters. The van der Waals surface area contributed by atoms with E-state index in [1.54, 1.807) is 12.1 Å². The number of benzene rings is 2. The minimum Gasteiger partial charge on any atom is -0.445 e. The first-order chi connectivity index (χ1) is 13.6. The van der Waals surface area contributed by atoms with Gasteiger partial charge in [0.15, 0.2) is 0 Å². The minimum atomic E-state index is -0.449. The molecule has 0 saturated heterocycles. The van der Waals surface area contributed by atoms with Crippen LogP contribution in [-0.2, 0) is 20.9 Å². The highest BCUT2D eigenvalue weighted by atomic mass is 16.5. The van der Waals surface area contributed by atoms with E-state index in [-0.39, 0.29) is 18.4 Å². The molecule has 0 aliphatic carbocycles. The van der Waals surface area contributed by atoms with E-state index in [4.69, 9.17) is 4.74 Å². The summed E-state index contributed by atoms with van der Waals surface area (Å²) in [4.78, 5) is 36.1. The van der Waals surface area contributed by atoms with Crippen LogP contribution >= 0.6 is 0 Å². The molecule has 0 bridgehead atoms. The van der Waals surface area contributed by atoms with Gasteiger partial charge in [0.05, 0.1) is 5.69 Å². The Labute approximate surface area is 163 Å². The van der Waals surface area contributed by atoms with Crippen LogP contribution in [0.15, 0.2) is 72.8 Å². The highest BCUT2D eigenvalue weighted by Gasteiger charge is 2.24. The average molecular weight is 376 g/mol. The monoisotopic (exact) mass is 376 g/mol. The molecule has 0 aromatic heterocycles. The molecule has 0 saturated carbocycles. The molecule has 0 unspecified atom stereocenters. The molecule has 2 aromatic carbocycles. The smallest absolute Gasteiger partial charge is 0.407 e. The molecule has 1 aliphatic heterocycles. The van der Waals surface area contributed by atoms with Crippen molar-refractivity contribution in [2.45, 2.75) is 13.0 Å². The lowest BCUT2D eigenvalue weighted by atomic mass is 10.1. The van der Waals surface area contributed by atoms with Crippen molar-refractivity contribution in [3.05, 3.63) is 84.0 Å². The quantitative estimate of drug-likeness (QED) is 0.593. The van der Waals surface area contributed by atoms with Crippen molar-refractivity contribution in [3.63, 3.8) is 0 Å². The second kappa shape index (κ2) is 9.32. The Morgan fingerprint density at radius 2 is 1.64 bits per heavy atom. The lowest BCUT2D eigenvalue weighted by molar-refractivity contribution is -0.119. The van der Waals surface area contributed by atoms with E-state index in [2.05, 4.69) is 5.32 Å². The third-order valence-electron chi connectivity index (χ3n) is 4.06. The molecule has 0 spiro atoms. The van der Waals surface area contributed by atoms with Crippen LogP contribution in [0.3, 0.4) is 0 Å². The van der Waals surface area contributed by atoms with Gasteiger partial charge in [0, 0.05) is 18.7 Å². The molecule has 1 heterocycles. The van der Waals surface area contributed by atoms with E-state index >= 15 is 0 Å². The summed E-state index contributed by atoms with van der Waals surface area (Å²) in [6, 6.07) is 16.6. The van der Waals surface area contributed by atoms with Crippen LogP contribution in [0.25, 0.3) is 6.08 Å². The first-order valence-electron chi connectivity index (χ1n) is 8.91. The molecule has 3 amide bonds. The molecule has 28 heavy (non-hydrogen) atoms. The fraction of sp³-hybridized carbons (Fsp3) is 0.136. The fourth-order valence-corrected chi connectivity index (χ4v) is 2.64. The minimum absolute atomic E-state index is 0.242. The number of amides is 3. The summed E-state index contributed by atoms with van der Waals surface area (Å²) in [5.74, 6) is -0.669. The first-order valence-corrected chi connectivity index (χ1v) is 8.91. The number of hydrogen-bond donors (Lipinski definition) is 1. The standard InChI is InChI=1S/C22H20N2O4/c25-20-13-14-21(26)24(20)19-11-9-17(10-12-19)6-4-5-15-23-22(27)28-16-18-7-2-1-3-8-18/h1-4,6-14H,5,15-16H2,(H,23,27). The van der Waals surface area contributed by atoms with Gasteiger partial charge in [0.25, 0.3) is 11.8 Å². The zero-order valence-electron chi connectivity index (χ0n) is 15.2. The van der Waals surface area contributed by atoms with Gasteiger partial charge in [-0.2, -0.15) is 0 Å². The van der Waals surface area contributed by atoms with Crippen LogP contribution in [0.1, 0.15) is 17.5 Å². The van der Waals surface area contributed by atoms with E-state index in [1.165, 1.54) is 12.2 Å². The number of nitrogens with one attached hydrogen (secondary N) is 1. The maximum Gasteiger partial charge on any atom is 0.407 e.